The van der Waals surface area contributed by atoms with E-state index in [2.05, 4.69) is 13.8 Å². The molecule has 0 radical (unpaired) electrons. The molecule has 168 valence electrons. The van der Waals surface area contributed by atoms with Crippen molar-refractivity contribution in [3.8, 4) is 0 Å². The Labute approximate surface area is 176 Å². The van der Waals surface area contributed by atoms with E-state index < -0.39 is 0 Å². The fourth-order valence-electron chi connectivity index (χ4n) is 3.62. The van der Waals surface area contributed by atoms with Crippen LogP contribution >= 0.6 is 0 Å². The molecule has 0 bridgehead atoms. The minimum atomic E-state index is -0.0760. The van der Waals surface area contributed by atoms with Gasteiger partial charge in [0.2, 0.25) is 0 Å². The van der Waals surface area contributed by atoms with Crippen molar-refractivity contribution in [2.45, 2.75) is 148 Å². The van der Waals surface area contributed by atoms with Gasteiger partial charge in [0.15, 0.2) is 0 Å². The molecule has 0 rings (SSSR count). The molecule has 0 aliphatic heterocycles. The van der Waals surface area contributed by atoms with Crippen molar-refractivity contribution in [3.63, 3.8) is 0 Å². The van der Waals surface area contributed by atoms with Gasteiger partial charge in [0.05, 0.1) is 12.7 Å². The van der Waals surface area contributed by atoms with Crippen LogP contribution < -0.4 is 0 Å². The highest BCUT2D eigenvalue weighted by Crippen LogP contribution is 2.14. The molecule has 3 nitrogen and oxygen atoms in total. The van der Waals surface area contributed by atoms with Crippen molar-refractivity contribution in [1.29, 1.82) is 0 Å². The third-order valence-electron chi connectivity index (χ3n) is 5.57. The quantitative estimate of drug-likeness (QED) is 0.150. The average molecular weight is 399 g/mol. The maximum atomic E-state index is 11.6. The van der Waals surface area contributed by atoms with E-state index in [9.17, 15) is 9.90 Å². The van der Waals surface area contributed by atoms with Crippen LogP contribution in [-0.4, -0.2) is 23.8 Å². The van der Waals surface area contributed by atoms with Gasteiger partial charge in [-0.05, 0) is 25.7 Å². The van der Waals surface area contributed by atoms with Crippen LogP contribution in [0.1, 0.15) is 142 Å². The first-order valence-corrected chi connectivity index (χ1v) is 12.5. The predicted molar refractivity (Wildman–Crippen MR) is 121 cm³/mol. The SMILES string of the molecule is CCCCCCCOC(=O)CCCCCCCCCCC(O)CCCCCC. The first kappa shape index (κ1) is 27.4. The number of carbonyl (C=O) groups is 1. The Balaban J connectivity index is 3.21. The molecule has 0 fully saturated rings. The second kappa shape index (κ2) is 22.7. The molecule has 3 heteroatoms. The second-order valence-corrected chi connectivity index (χ2v) is 8.50. The number of hydrogen-bond acceptors (Lipinski definition) is 3. The summed E-state index contributed by atoms with van der Waals surface area (Å²) >= 11 is 0. The third-order valence-corrected chi connectivity index (χ3v) is 5.57. The summed E-state index contributed by atoms with van der Waals surface area (Å²) in [5.41, 5.74) is 0. The lowest BCUT2D eigenvalue weighted by atomic mass is 10.0. The molecule has 0 aromatic carbocycles. The molecule has 0 aliphatic carbocycles. The van der Waals surface area contributed by atoms with Crippen molar-refractivity contribution in [2.24, 2.45) is 0 Å². The monoisotopic (exact) mass is 398 g/mol. The summed E-state index contributed by atoms with van der Waals surface area (Å²) in [5, 5.41) is 9.96. The normalized spacial score (nSPS) is 12.2. The van der Waals surface area contributed by atoms with E-state index in [1.807, 2.05) is 0 Å². The first-order chi connectivity index (χ1) is 13.7. The second-order valence-electron chi connectivity index (χ2n) is 8.50. The van der Waals surface area contributed by atoms with Gasteiger partial charge in [0, 0.05) is 6.42 Å². The Hall–Kier alpha value is -0.570. The van der Waals surface area contributed by atoms with E-state index in [0.29, 0.717) is 13.0 Å². The lowest BCUT2D eigenvalue weighted by molar-refractivity contribution is -0.143. The van der Waals surface area contributed by atoms with Crippen LogP contribution in [0.25, 0.3) is 0 Å². The van der Waals surface area contributed by atoms with Crippen molar-refractivity contribution >= 4 is 5.97 Å². The van der Waals surface area contributed by atoms with Crippen molar-refractivity contribution in [1.82, 2.24) is 0 Å². The number of carbonyl (C=O) groups excluding carboxylic acids is 1. The summed E-state index contributed by atoms with van der Waals surface area (Å²) in [6.07, 6.45) is 23.1. The van der Waals surface area contributed by atoms with E-state index >= 15 is 0 Å². The van der Waals surface area contributed by atoms with Crippen LogP contribution in [0.2, 0.25) is 0 Å². The Bertz CT molecular complexity index is 317. The molecule has 28 heavy (non-hydrogen) atoms. The lowest BCUT2D eigenvalue weighted by Crippen LogP contribution is -2.06. The largest absolute Gasteiger partial charge is 0.466 e. The topological polar surface area (TPSA) is 46.5 Å². The van der Waals surface area contributed by atoms with Crippen LogP contribution in [0, 0.1) is 0 Å². The van der Waals surface area contributed by atoms with Gasteiger partial charge in [-0.15, -0.1) is 0 Å². The summed E-state index contributed by atoms with van der Waals surface area (Å²) in [4.78, 5) is 11.6. The number of ether oxygens (including phenoxy) is 1. The van der Waals surface area contributed by atoms with E-state index in [4.69, 9.17) is 4.74 Å². The number of esters is 1. The summed E-state index contributed by atoms with van der Waals surface area (Å²) < 4.78 is 5.29. The zero-order valence-electron chi connectivity index (χ0n) is 19.2. The fraction of sp³-hybridized carbons (Fsp3) is 0.960. The smallest absolute Gasteiger partial charge is 0.305 e. The third kappa shape index (κ3) is 21.7. The minimum Gasteiger partial charge on any atom is -0.466 e. The molecule has 0 aromatic heterocycles. The van der Waals surface area contributed by atoms with Crippen molar-refractivity contribution in [2.75, 3.05) is 6.61 Å². The molecule has 0 aliphatic rings. The van der Waals surface area contributed by atoms with Gasteiger partial charge in [0.25, 0.3) is 0 Å². The summed E-state index contributed by atoms with van der Waals surface area (Å²) in [7, 11) is 0. The summed E-state index contributed by atoms with van der Waals surface area (Å²) in [6, 6.07) is 0. The van der Waals surface area contributed by atoms with E-state index in [0.717, 1.165) is 32.1 Å². The van der Waals surface area contributed by atoms with Gasteiger partial charge in [-0.2, -0.15) is 0 Å². The molecule has 0 heterocycles. The maximum absolute atomic E-state index is 11.6. The van der Waals surface area contributed by atoms with Gasteiger partial charge in [-0.1, -0.05) is 110 Å². The molecule has 0 amide bonds. The Morgan fingerprint density at radius 1 is 0.643 bits per heavy atom. The molecule has 0 saturated carbocycles. The fourth-order valence-corrected chi connectivity index (χ4v) is 3.62. The average Bonchev–Trinajstić information content (AvgIpc) is 2.69. The van der Waals surface area contributed by atoms with Gasteiger partial charge in [-0.25, -0.2) is 0 Å². The van der Waals surface area contributed by atoms with Crippen molar-refractivity contribution < 1.29 is 14.6 Å². The Morgan fingerprint density at radius 3 is 1.64 bits per heavy atom. The molecule has 1 unspecified atom stereocenters. The number of unbranched alkanes of at least 4 members (excludes halogenated alkanes) is 14. The predicted octanol–water partition coefficient (Wildman–Crippen LogP) is 7.73. The molecule has 0 saturated heterocycles. The van der Waals surface area contributed by atoms with Crippen molar-refractivity contribution in [3.05, 3.63) is 0 Å². The Morgan fingerprint density at radius 2 is 1.07 bits per heavy atom. The summed E-state index contributed by atoms with van der Waals surface area (Å²) in [6.45, 7) is 5.04. The number of aliphatic hydroxyl groups excluding tert-OH is 1. The highest BCUT2D eigenvalue weighted by molar-refractivity contribution is 5.69. The highest BCUT2D eigenvalue weighted by atomic mass is 16.5. The van der Waals surface area contributed by atoms with Crippen LogP contribution in [0.5, 0.6) is 0 Å². The maximum Gasteiger partial charge on any atom is 0.305 e. The highest BCUT2D eigenvalue weighted by Gasteiger charge is 2.04. The molecule has 1 N–H and O–H groups in total. The first-order valence-electron chi connectivity index (χ1n) is 12.5. The summed E-state index contributed by atoms with van der Waals surface area (Å²) in [5.74, 6) is -0.0104. The molecule has 0 aromatic rings. The zero-order chi connectivity index (χ0) is 20.7. The standard InChI is InChI=1S/C25H50O3/c1-3-5-7-15-19-23-28-25(27)22-18-14-12-10-9-11-13-17-21-24(26)20-16-8-6-4-2/h24,26H,3-23H2,1-2H3. The van der Waals surface area contributed by atoms with Gasteiger partial charge in [-0.3, -0.25) is 4.79 Å². The van der Waals surface area contributed by atoms with E-state index in [1.165, 1.54) is 89.9 Å². The lowest BCUT2D eigenvalue weighted by Gasteiger charge is -2.10. The zero-order valence-corrected chi connectivity index (χ0v) is 19.2. The molecular weight excluding hydrogens is 348 g/mol. The van der Waals surface area contributed by atoms with Gasteiger partial charge in [0.1, 0.15) is 0 Å². The number of rotatable bonds is 22. The van der Waals surface area contributed by atoms with Gasteiger partial charge >= 0.3 is 5.97 Å². The molecule has 0 spiro atoms. The van der Waals surface area contributed by atoms with Gasteiger partial charge < -0.3 is 9.84 Å². The van der Waals surface area contributed by atoms with E-state index in [-0.39, 0.29) is 12.1 Å². The molecular formula is C25H50O3. The van der Waals surface area contributed by atoms with Crippen LogP contribution in [0.15, 0.2) is 0 Å². The Kier molecular flexibility index (Phi) is 22.3. The van der Waals surface area contributed by atoms with Crippen LogP contribution in [0.4, 0.5) is 0 Å². The number of hydrogen-bond donors (Lipinski definition) is 1. The number of aliphatic hydroxyl groups is 1. The van der Waals surface area contributed by atoms with E-state index in [1.54, 1.807) is 0 Å². The van der Waals surface area contributed by atoms with Crippen LogP contribution in [0.3, 0.4) is 0 Å². The van der Waals surface area contributed by atoms with Crippen LogP contribution in [-0.2, 0) is 9.53 Å². The molecule has 1 atom stereocenters. The minimum absolute atomic E-state index is 0.0104.